The first-order valence-corrected chi connectivity index (χ1v) is 14.4. The lowest BCUT2D eigenvalue weighted by molar-refractivity contribution is 0.0695. The minimum Gasteiger partial charge on any atom is -0.381 e. The van der Waals surface area contributed by atoms with E-state index in [1.165, 1.54) is 38.5 Å². The van der Waals surface area contributed by atoms with Crippen LogP contribution in [0.2, 0.25) is 0 Å². The van der Waals surface area contributed by atoms with E-state index >= 15 is 0 Å². The fourth-order valence-electron chi connectivity index (χ4n) is 2.79. The van der Waals surface area contributed by atoms with Gasteiger partial charge in [0.2, 0.25) is 0 Å². The number of rotatable bonds is 27. The van der Waals surface area contributed by atoms with Gasteiger partial charge in [0, 0.05) is 39.6 Å². The van der Waals surface area contributed by atoms with Crippen LogP contribution in [0.1, 0.15) is 97.8 Å². The van der Waals surface area contributed by atoms with Crippen molar-refractivity contribution < 1.29 is 32.3 Å². The van der Waals surface area contributed by atoms with Crippen LogP contribution < -0.4 is 0 Å². The van der Waals surface area contributed by atoms with E-state index in [2.05, 4.69) is 20.8 Å². The Hall–Kier alpha value is -0.0100. The van der Waals surface area contributed by atoms with Gasteiger partial charge < -0.3 is 14.2 Å². The zero-order chi connectivity index (χ0) is 23.6. The summed E-state index contributed by atoms with van der Waals surface area (Å²) in [5.74, 6) is 0. The van der Waals surface area contributed by atoms with Crippen molar-refractivity contribution in [1.29, 1.82) is 0 Å². The molecule has 0 bridgehead atoms. The maximum absolute atomic E-state index is 12.9. The first-order valence-electron chi connectivity index (χ1n) is 12.9. The molecule has 0 spiro atoms. The van der Waals surface area contributed by atoms with Crippen molar-refractivity contribution in [3.63, 3.8) is 0 Å². The van der Waals surface area contributed by atoms with Gasteiger partial charge in [-0.05, 0) is 38.5 Å². The maximum Gasteiger partial charge on any atom is 0.474 e. The molecule has 0 aromatic rings. The summed E-state index contributed by atoms with van der Waals surface area (Å²) in [4.78, 5) is 0. The van der Waals surface area contributed by atoms with Crippen LogP contribution in [-0.4, -0.2) is 59.5 Å². The summed E-state index contributed by atoms with van der Waals surface area (Å²) in [6, 6.07) is 0. The van der Waals surface area contributed by atoms with Crippen LogP contribution in [0.15, 0.2) is 0 Å². The molecule has 0 fully saturated rings. The SMILES string of the molecule is CCCCCOCCCOP(=O)(OCCCOCCCCC)OCCCOCCCCC. The topological polar surface area (TPSA) is 72.5 Å². The highest BCUT2D eigenvalue weighted by molar-refractivity contribution is 7.48. The van der Waals surface area contributed by atoms with E-state index in [0.29, 0.717) is 39.1 Å². The molecule has 8 heteroatoms. The second kappa shape index (κ2) is 25.6. The summed E-state index contributed by atoms with van der Waals surface area (Å²) in [7, 11) is -3.58. The molecule has 0 aromatic carbocycles. The van der Waals surface area contributed by atoms with Gasteiger partial charge in [0.25, 0.3) is 0 Å². The van der Waals surface area contributed by atoms with E-state index in [0.717, 1.165) is 39.1 Å². The predicted octanol–water partition coefficient (Wildman–Crippen LogP) is 6.94. The zero-order valence-electron chi connectivity index (χ0n) is 21.2. The number of hydrogen-bond acceptors (Lipinski definition) is 7. The Morgan fingerprint density at radius 2 is 0.688 bits per heavy atom. The summed E-state index contributed by atoms with van der Waals surface area (Å²) < 4.78 is 46.2. The summed E-state index contributed by atoms with van der Waals surface area (Å²) in [5.41, 5.74) is 0. The molecule has 0 saturated heterocycles. The highest BCUT2D eigenvalue weighted by atomic mass is 31.2. The van der Waals surface area contributed by atoms with Crippen LogP contribution in [0.4, 0.5) is 0 Å². The van der Waals surface area contributed by atoms with E-state index < -0.39 is 7.82 Å². The molecule has 0 heterocycles. The summed E-state index contributed by atoms with van der Waals surface area (Å²) >= 11 is 0. The number of phosphoric ester groups is 1. The molecule has 7 nitrogen and oxygen atoms in total. The molecule has 0 aliphatic rings. The van der Waals surface area contributed by atoms with Crippen LogP contribution in [0.3, 0.4) is 0 Å². The molecule has 0 radical (unpaired) electrons. The number of phosphoric acid groups is 1. The van der Waals surface area contributed by atoms with Crippen molar-refractivity contribution in [3.05, 3.63) is 0 Å². The van der Waals surface area contributed by atoms with Crippen molar-refractivity contribution in [3.8, 4) is 0 Å². The molecule has 194 valence electrons. The third-order valence-corrected chi connectivity index (χ3v) is 6.22. The number of hydrogen-bond donors (Lipinski definition) is 0. The van der Waals surface area contributed by atoms with Crippen LogP contribution in [0, 0.1) is 0 Å². The van der Waals surface area contributed by atoms with Crippen molar-refractivity contribution in [2.45, 2.75) is 97.8 Å². The molecule has 0 N–H and O–H groups in total. The largest absolute Gasteiger partial charge is 0.474 e. The van der Waals surface area contributed by atoms with Gasteiger partial charge >= 0.3 is 7.82 Å². The Kier molecular flexibility index (Phi) is 25.6. The Bertz CT molecular complexity index is 353. The van der Waals surface area contributed by atoms with Crippen molar-refractivity contribution in [2.75, 3.05) is 59.5 Å². The number of unbranched alkanes of at least 4 members (excludes halogenated alkanes) is 6. The van der Waals surface area contributed by atoms with E-state index in [4.69, 9.17) is 27.8 Å². The second-order valence-electron chi connectivity index (χ2n) is 7.97. The number of ether oxygens (including phenoxy) is 3. The molecule has 0 aliphatic carbocycles. The maximum atomic E-state index is 12.9. The summed E-state index contributed by atoms with van der Waals surface area (Å²) in [6.45, 7) is 11.4. The standard InChI is InChI=1S/C24H51O7P/c1-4-7-10-16-26-19-13-22-29-32(25,30-23-14-20-27-17-11-8-5-2)31-24-15-21-28-18-12-9-6-3/h4-24H2,1-3H3. The molecule has 0 amide bonds. The molecule has 0 rings (SSSR count). The molecule has 32 heavy (non-hydrogen) atoms. The molecular weight excluding hydrogens is 431 g/mol. The average Bonchev–Trinajstić information content (AvgIpc) is 2.79. The van der Waals surface area contributed by atoms with Gasteiger partial charge in [-0.3, -0.25) is 13.6 Å². The lowest BCUT2D eigenvalue weighted by Crippen LogP contribution is -2.08. The lowest BCUT2D eigenvalue weighted by Gasteiger charge is -2.18. The van der Waals surface area contributed by atoms with Crippen molar-refractivity contribution in [1.82, 2.24) is 0 Å². The zero-order valence-corrected chi connectivity index (χ0v) is 22.0. The Morgan fingerprint density at radius 3 is 0.969 bits per heavy atom. The van der Waals surface area contributed by atoms with Gasteiger partial charge in [-0.15, -0.1) is 0 Å². The minimum absolute atomic E-state index is 0.284. The second-order valence-corrected chi connectivity index (χ2v) is 9.64. The molecule has 0 saturated carbocycles. The fourth-order valence-corrected chi connectivity index (χ4v) is 4.07. The summed E-state index contributed by atoms with van der Waals surface area (Å²) in [6.07, 6.45) is 12.3. The van der Waals surface area contributed by atoms with Gasteiger partial charge in [0.1, 0.15) is 0 Å². The van der Waals surface area contributed by atoms with Gasteiger partial charge in [-0.1, -0.05) is 59.3 Å². The molecule has 0 atom stereocenters. The van der Waals surface area contributed by atoms with Gasteiger partial charge in [0.15, 0.2) is 0 Å². The third-order valence-electron chi connectivity index (χ3n) is 4.72. The van der Waals surface area contributed by atoms with Crippen molar-refractivity contribution in [2.24, 2.45) is 0 Å². The first-order chi connectivity index (χ1) is 15.7. The predicted molar refractivity (Wildman–Crippen MR) is 130 cm³/mol. The third kappa shape index (κ3) is 23.2. The quantitative estimate of drug-likeness (QED) is 0.0928. The van der Waals surface area contributed by atoms with E-state index in [9.17, 15) is 4.57 Å². The minimum atomic E-state index is -3.58. The smallest absolute Gasteiger partial charge is 0.381 e. The Labute approximate surface area is 197 Å². The normalized spacial score (nSPS) is 12.0. The van der Waals surface area contributed by atoms with E-state index in [1.54, 1.807) is 0 Å². The van der Waals surface area contributed by atoms with Gasteiger partial charge in [0.05, 0.1) is 19.8 Å². The summed E-state index contributed by atoms with van der Waals surface area (Å²) in [5, 5.41) is 0. The Balaban J connectivity index is 4.06. The van der Waals surface area contributed by atoms with Crippen LogP contribution >= 0.6 is 7.82 Å². The lowest BCUT2D eigenvalue weighted by atomic mass is 10.3. The highest BCUT2D eigenvalue weighted by Gasteiger charge is 2.26. The van der Waals surface area contributed by atoms with Crippen LogP contribution in [0.25, 0.3) is 0 Å². The van der Waals surface area contributed by atoms with Crippen LogP contribution in [-0.2, 0) is 32.3 Å². The molecule has 0 aromatic heterocycles. The highest BCUT2D eigenvalue weighted by Crippen LogP contribution is 2.49. The van der Waals surface area contributed by atoms with Gasteiger partial charge in [-0.2, -0.15) is 0 Å². The van der Waals surface area contributed by atoms with E-state index in [1.807, 2.05) is 0 Å². The molecule has 0 unspecified atom stereocenters. The Morgan fingerprint density at radius 1 is 0.406 bits per heavy atom. The molecule has 0 aliphatic heterocycles. The fraction of sp³-hybridized carbons (Fsp3) is 1.00. The van der Waals surface area contributed by atoms with E-state index in [-0.39, 0.29) is 19.8 Å². The van der Waals surface area contributed by atoms with Crippen LogP contribution in [0.5, 0.6) is 0 Å². The monoisotopic (exact) mass is 482 g/mol. The average molecular weight is 483 g/mol. The van der Waals surface area contributed by atoms with Gasteiger partial charge in [-0.25, -0.2) is 4.57 Å². The molecular formula is C24H51O7P. The van der Waals surface area contributed by atoms with Crippen molar-refractivity contribution >= 4 is 7.82 Å². The first kappa shape index (κ1) is 32.0.